The first kappa shape index (κ1) is 27.5. The smallest absolute Gasteiger partial charge is 0.306 e. The van der Waals surface area contributed by atoms with Gasteiger partial charge >= 0.3 is 5.97 Å². The van der Waals surface area contributed by atoms with E-state index in [4.69, 9.17) is 9.47 Å². The van der Waals surface area contributed by atoms with Crippen molar-refractivity contribution in [3.8, 4) is 17.2 Å². The molecule has 4 aromatic rings. The number of phenolic OH excluding ortho intramolecular Hbond substituents is 2. The van der Waals surface area contributed by atoms with Gasteiger partial charge in [0.05, 0.1) is 36.9 Å². The van der Waals surface area contributed by atoms with Crippen molar-refractivity contribution in [1.82, 2.24) is 9.55 Å². The van der Waals surface area contributed by atoms with Gasteiger partial charge in [-0.3, -0.25) is 19.4 Å². The normalized spacial score (nSPS) is 16.3. The van der Waals surface area contributed by atoms with E-state index in [0.29, 0.717) is 23.4 Å². The highest BCUT2D eigenvalue weighted by Gasteiger charge is 2.37. The van der Waals surface area contributed by atoms with Crippen LogP contribution in [-0.4, -0.2) is 43.7 Å². The number of phenols is 2. The van der Waals surface area contributed by atoms with E-state index in [9.17, 15) is 29.7 Å². The molecule has 2 aliphatic rings. The van der Waals surface area contributed by atoms with Gasteiger partial charge in [0.1, 0.15) is 23.4 Å². The number of pyridine rings is 2. The van der Waals surface area contributed by atoms with Gasteiger partial charge < -0.3 is 29.4 Å². The van der Waals surface area contributed by atoms with Crippen LogP contribution in [-0.2, 0) is 33.8 Å². The quantitative estimate of drug-likeness (QED) is 0.228. The number of para-hydroxylation sites is 1. The highest BCUT2D eigenvalue weighted by Crippen LogP contribution is 2.50. The molecule has 2 atom stereocenters. The molecule has 10 heteroatoms. The number of hydrogen-bond acceptors (Lipinski definition) is 9. The number of ketones is 1. The van der Waals surface area contributed by atoms with Gasteiger partial charge in [0.15, 0.2) is 5.78 Å². The van der Waals surface area contributed by atoms with Gasteiger partial charge in [-0.1, -0.05) is 18.2 Å². The Labute approximate surface area is 240 Å². The molecule has 0 amide bonds. The molecule has 2 aromatic heterocycles. The lowest BCUT2D eigenvalue weighted by molar-refractivity contribution is -0.140. The predicted molar refractivity (Wildman–Crippen MR) is 152 cm³/mol. The van der Waals surface area contributed by atoms with E-state index >= 15 is 0 Å². The van der Waals surface area contributed by atoms with E-state index in [-0.39, 0.29) is 40.2 Å². The van der Waals surface area contributed by atoms with E-state index in [2.05, 4.69) is 4.98 Å². The maximum Gasteiger partial charge on any atom is 0.306 e. The molecule has 0 saturated heterocycles. The summed E-state index contributed by atoms with van der Waals surface area (Å²) in [6, 6.07) is 8.76. The van der Waals surface area contributed by atoms with Gasteiger partial charge in [-0.15, -0.1) is 0 Å². The molecule has 6 rings (SSSR count). The number of carbonyl (C=O) groups is 2. The first-order valence-electron chi connectivity index (χ1n) is 13.7. The van der Waals surface area contributed by atoms with E-state index in [1.54, 1.807) is 23.8 Å². The van der Waals surface area contributed by atoms with Crippen molar-refractivity contribution in [2.24, 2.45) is 0 Å². The van der Waals surface area contributed by atoms with Gasteiger partial charge in [-0.25, -0.2) is 0 Å². The van der Waals surface area contributed by atoms with Crippen molar-refractivity contribution in [2.45, 2.75) is 58.3 Å². The summed E-state index contributed by atoms with van der Waals surface area (Å²) in [7, 11) is 1.21. The third kappa shape index (κ3) is 4.21. The van der Waals surface area contributed by atoms with E-state index in [1.807, 2.05) is 18.2 Å². The number of rotatable bonds is 6. The first-order valence-corrected chi connectivity index (χ1v) is 13.7. The van der Waals surface area contributed by atoms with Gasteiger partial charge in [0.25, 0.3) is 5.56 Å². The molecule has 2 aromatic carbocycles. The number of esters is 1. The Morgan fingerprint density at radius 2 is 1.93 bits per heavy atom. The SMILES string of the molecule is COC(=O)C[C@@H](c1c(O)c(C(C)=O)cc([C@@H]2OCc3cnc(C)c(O)c32)c1O)c1cc2cccc3c2n(c1=O)CCC3. The van der Waals surface area contributed by atoms with Crippen LogP contribution >= 0.6 is 0 Å². The van der Waals surface area contributed by atoms with Gasteiger partial charge in [0, 0.05) is 46.5 Å². The molecule has 0 fully saturated rings. The molecular formula is C32H30N2O8. The molecule has 10 nitrogen and oxygen atoms in total. The lowest BCUT2D eigenvalue weighted by Gasteiger charge is -2.26. The summed E-state index contributed by atoms with van der Waals surface area (Å²) in [6.45, 7) is 3.46. The lowest BCUT2D eigenvalue weighted by atomic mass is 9.82. The Morgan fingerprint density at radius 3 is 2.67 bits per heavy atom. The number of carbonyl (C=O) groups excluding carboxylic acids is 2. The number of ether oxygens (including phenoxy) is 2. The fourth-order valence-electron chi connectivity index (χ4n) is 6.32. The van der Waals surface area contributed by atoms with Crippen LogP contribution in [0.15, 0.2) is 41.3 Å². The molecule has 0 unspecified atom stereocenters. The average Bonchev–Trinajstić information content (AvgIpc) is 3.40. The minimum Gasteiger partial charge on any atom is -0.507 e. The molecule has 0 bridgehead atoms. The van der Waals surface area contributed by atoms with Crippen molar-refractivity contribution in [1.29, 1.82) is 0 Å². The summed E-state index contributed by atoms with van der Waals surface area (Å²) in [5.74, 6) is -3.46. The van der Waals surface area contributed by atoms with E-state index < -0.39 is 41.7 Å². The molecule has 2 aliphatic heterocycles. The second-order valence-corrected chi connectivity index (χ2v) is 10.9. The van der Waals surface area contributed by atoms with Crippen LogP contribution < -0.4 is 5.56 Å². The van der Waals surface area contributed by atoms with Crippen LogP contribution in [0, 0.1) is 6.92 Å². The third-order valence-corrected chi connectivity index (χ3v) is 8.40. The molecule has 0 saturated carbocycles. The van der Waals surface area contributed by atoms with Crippen molar-refractivity contribution >= 4 is 22.7 Å². The number of aryl methyl sites for hydroxylation is 3. The Balaban J connectivity index is 1.64. The number of aromatic hydroxyl groups is 3. The third-order valence-electron chi connectivity index (χ3n) is 8.40. The zero-order chi connectivity index (χ0) is 29.9. The second kappa shape index (κ2) is 10.3. The first-order chi connectivity index (χ1) is 20.1. The highest BCUT2D eigenvalue weighted by molar-refractivity contribution is 5.98. The summed E-state index contributed by atoms with van der Waals surface area (Å²) < 4.78 is 12.6. The number of nitrogens with zero attached hydrogens (tertiary/aromatic N) is 2. The summed E-state index contributed by atoms with van der Waals surface area (Å²) in [4.78, 5) is 43.8. The second-order valence-electron chi connectivity index (χ2n) is 10.9. The van der Waals surface area contributed by atoms with E-state index in [0.717, 1.165) is 29.3 Å². The summed E-state index contributed by atoms with van der Waals surface area (Å²) in [5.41, 5.74) is 2.82. The summed E-state index contributed by atoms with van der Waals surface area (Å²) >= 11 is 0. The molecule has 0 aliphatic carbocycles. The van der Waals surface area contributed by atoms with Crippen molar-refractivity contribution in [3.63, 3.8) is 0 Å². The van der Waals surface area contributed by atoms with Crippen LogP contribution in [0.1, 0.15) is 81.2 Å². The van der Waals surface area contributed by atoms with Crippen molar-refractivity contribution in [2.75, 3.05) is 7.11 Å². The largest absolute Gasteiger partial charge is 0.507 e. The topological polar surface area (TPSA) is 148 Å². The molecule has 42 heavy (non-hydrogen) atoms. The van der Waals surface area contributed by atoms with Crippen LogP contribution in [0.4, 0.5) is 0 Å². The fraction of sp³-hybridized carbons (Fsp3) is 0.312. The maximum atomic E-state index is 14.0. The lowest BCUT2D eigenvalue weighted by Crippen LogP contribution is -2.30. The van der Waals surface area contributed by atoms with Crippen LogP contribution in [0.25, 0.3) is 10.9 Å². The Hall–Kier alpha value is -4.70. The van der Waals surface area contributed by atoms with Crippen molar-refractivity contribution < 1.29 is 34.4 Å². The van der Waals surface area contributed by atoms with Crippen molar-refractivity contribution in [3.05, 3.63) is 91.5 Å². The molecule has 0 radical (unpaired) electrons. The van der Waals surface area contributed by atoms with Gasteiger partial charge in [0.2, 0.25) is 0 Å². The number of benzene rings is 2. The Kier molecular flexibility index (Phi) is 6.73. The fourth-order valence-corrected chi connectivity index (χ4v) is 6.32. The average molecular weight is 571 g/mol. The number of fused-ring (bicyclic) bond motifs is 1. The number of hydrogen-bond donors (Lipinski definition) is 3. The summed E-state index contributed by atoms with van der Waals surface area (Å²) in [6.07, 6.45) is 1.77. The highest BCUT2D eigenvalue weighted by atomic mass is 16.5. The van der Waals surface area contributed by atoms with Gasteiger partial charge in [-0.05, 0) is 49.8 Å². The molecular weight excluding hydrogens is 540 g/mol. The molecule has 4 heterocycles. The molecule has 216 valence electrons. The Morgan fingerprint density at radius 1 is 1.14 bits per heavy atom. The monoisotopic (exact) mass is 570 g/mol. The summed E-state index contributed by atoms with van der Waals surface area (Å²) in [5, 5.41) is 34.9. The minimum absolute atomic E-state index is 0.0925. The van der Waals surface area contributed by atoms with Crippen LogP contribution in [0.2, 0.25) is 0 Å². The van der Waals surface area contributed by atoms with E-state index in [1.165, 1.54) is 20.1 Å². The number of Topliss-reactive ketones (excluding diaryl/α,β-unsaturated/α-hetero) is 1. The Bertz CT molecular complexity index is 1860. The standard InChI is InChI=1S/C32H30N2O8/c1-15-28(37)25-19(13-33-15)14-42-31(25)23-11-20(16(2)35)29(38)26(30(23)39)21(12-24(36)41-3)22-10-18-7-4-6-17-8-5-9-34(27(17)18)32(22)40/h4,6-7,10-11,13,21,31,37-39H,5,8-9,12,14H2,1-3H3/t21-,31+/m1/s1. The molecule has 0 spiro atoms. The predicted octanol–water partition coefficient (Wildman–Crippen LogP) is 4.29. The number of methoxy groups -OCH3 is 1. The molecule has 3 N–H and O–H groups in total. The zero-order valence-corrected chi connectivity index (χ0v) is 23.4. The zero-order valence-electron chi connectivity index (χ0n) is 23.4. The number of aromatic nitrogens is 2. The maximum absolute atomic E-state index is 14.0. The van der Waals surface area contributed by atoms with Gasteiger partial charge in [-0.2, -0.15) is 0 Å². The van der Waals surface area contributed by atoms with Crippen LogP contribution in [0.3, 0.4) is 0 Å². The van der Waals surface area contributed by atoms with Crippen LogP contribution in [0.5, 0.6) is 17.2 Å². The minimum atomic E-state index is -1.17.